The first kappa shape index (κ1) is 20.2. The van der Waals surface area contributed by atoms with Crippen LogP contribution in [0, 0.1) is 0 Å². The molecular weight excluding hydrogens is 387 g/mol. The Morgan fingerprint density at radius 1 is 0.926 bits per heavy atom. The lowest BCUT2D eigenvalue weighted by Crippen LogP contribution is -2.39. The lowest BCUT2D eigenvalue weighted by atomic mass is 10.2. The lowest BCUT2D eigenvalue weighted by Gasteiger charge is -2.10. The van der Waals surface area contributed by atoms with Crippen molar-refractivity contribution in [3.8, 4) is 0 Å². The maximum atomic E-state index is 12.6. The van der Waals surface area contributed by atoms with Crippen molar-refractivity contribution in [2.45, 2.75) is 6.18 Å². The Morgan fingerprint density at radius 2 is 1.63 bits per heavy atom. The number of rotatable bonds is 4. The molecule has 0 saturated heterocycles. The van der Waals surface area contributed by atoms with Gasteiger partial charge in [0.15, 0.2) is 0 Å². The number of alkyl halides is 3. The van der Waals surface area contributed by atoms with Crippen molar-refractivity contribution in [3.05, 3.63) is 59.1 Å². The lowest BCUT2D eigenvalue weighted by molar-refractivity contribution is -0.137. The highest BCUT2D eigenvalue weighted by molar-refractivity contribution is 6.40. The van der Waals surface area contributed by atoms with E-state index in [1.165, 1.54) is 6.07 Å². The van der Waals surface area contributed by atoms with Gasteiger partial charge in [0.25, 0.3) is 0 Å². The normalized spacial score (nSPS) is 10.8. The number of anilines is 2. The van der Waals surface area contributed by atoms with Crippen molar-refractivity contribution in [2.75, 3.05) is 17.2 Å². The van der Waals surface area contributed by atoms with Gasteiger partial charge in [-0.05, 0) is 30.3 Å². The van der Waals surface area contributed by atoms with Gasteiger partial charge >= 0.3 is 18.0 Å². The molecule has 0 spiro atoms. The number of amides is 3. The second kappa shape index (κ2) is 8.54. The summed E-state index contributed by atoms with van der Waals surface area (Å²) in [6.45, 7) is -0.528. The van der Waals surface area contributed by atoms with Crippen molar-refractivity contribution >= 4 is 40.7 Å². The summed E-state index contributed by atoms with van der Waals surface area (Å²) in [6.07, 6.45) is -4.58. The van der Waals surface area contributed by atoms with Gasteiger partial charge in [-0.15, -0.1) is 0 Å². The summed E-state index contributed by atoms with van der Waals surface area (Å²) in [5.74, 6) is -3.02. The molecule has 0 unspecified atom stereocenters. The molecule has 0 aliphatic heterocycles. The third-order valence-electron chi connectivity index (χ3n) is 3.21. The fourth-order valence-electron chi connectivity index (χ4n) is 1.96. The van der Waals surface area contributed by atoms with Crippen LogP contribution in [0.25, 0.3) is 0 Å². The van der Waals surface area contributed by atoms with Crippen LogP contribution in [0.15, 0.2) is 48.5 Å². The summed E-state index contributed by atoms with van der Waals surface area (Å²) in [5, 5.41) is 6.82. The molecule has 0 saturated carbocycles. The summed E-state index contributed by atoms with van der Waals surface area (Å²) in [4.78, 5) is 35.2. The second-order valence-electron chi connectivity index (χ2n) is 5.24. The molecule has 2 aromatic rings. The fraction of sp³-hybridized carbons (Fsp3) is 0.118. The number of nitrogens with one attached hydrogen (secondary N) is 3. The van der Waals surface area contributed by atoms with Gasteiger partial charge in [-0.2, -0.15) is 13.2 Å². The quantitative estimate of drug-likeness (QED) is 0.690. The van der Waals surface area contributed by atoms with Gasteiger partial charge in [0, 0.05) is 5.69 Å². The molecular formula is C17H13ClF3N3O3. The van der Waals surface area contributed by atoms with E-state index in [0.29, 0.717) is 16.8 Å². The standard InChI is InChI=1S/C17H13ClF3N3O3/c18-12-6-1-2-7-13(12)24-14(25)9-22-15(26)16(27)23-11-5-3-4-10(8-11)17(19,20)21/h1-8H,9H2,(H,22,26)(H,23,27)(H,24,25). The Bertz CT molecular complexity index is 872. The van der Waals surface area contributed by atoms with Crippen LogP contribution < -0.4 is 16.0 Å². The van der Waals surface area contributed by atoms with Crippen molar-refractivity contribution in [2.24, 2.45) is 0 Å². The molecule has 6 nitrogen and oxygen atoms in total. The Balaban J connectivity index is 1.88. The van der Waals surface area contributed by atoms with Crippen LogP contribution in [-0.2, 0) is 20.6 Å². The molecule has 10 heteroatoms. The van der Waals surface area contributed by atoms with Crippen LogP contribution in [0.1, 0.15) is 5.56 Å². The molecule has 0 radical (unpaired) electrons. The first-order valence-corrected chi connectivity index (χ1v) is 7.85. The van der Waals surface area contributed by atoms with Crippen molar-refractivity contribution in [1.82, 2.24) is 5.32 Å². The predicted octanol–water partition coefficient (Wildman–Crippen LogP) is 3.05. The van der Waals surface area contributed by atoms with Gasteiger partial charge in [0.1, 0.15) is 0 Å². The number of para-hydroxylation sites is 1. The molecule has 2 rings (SSSR count). The molecule has 2 aromatic carbocycles. The maximum Gasteiger partial charge on any atom is 0.416 e. The molecule has 27 heavy (non-hydrogen) atoms. The number of halogens is 4. The Labute approximate surface area is 156 Å². The Morgan fingerprint density at radius 3 is 2.30 bits per heavy atom. The summed E-state index contributed by atoms with van der Waals surface area (Å²) in [6, 6.07) is 10.2. The van der Waals surface area contributed by atoms with E-state index in [9.17, 15) is 27.6 Å². The monoisotopic (exact) mass is 399 g/mol. The molecule has 0 atom stereocenters. The zero-order chi connectivity index (χ0) is 20.0. The molecule has 0 aliphatic carbocycles. The first-order valence-electron chi connectivity index (χ1n) is 7.47. The molecule has 0 heterocycles. The van der Waals surface area contributed by atoms with E-state index < -0.39 is 36.0 Å². The third kappa shape index (κ3) is 6.00. The van der Waals surface area contributed by atoms with Crippen LogP contribution in [-0.4, -0.2) is 24.3 Å². The van der Waals surface area contributed by atoms with E-state index in [-0.39, 0.29) is 5.69 Å². The number of carbonyl (C=O) groups excluding carboxylic acids is 3. The van der Waals surface area contributed by atoms with Gasteiger partial charge in [0.2, 0.25) is 5.91 Å². The van der Waals surface area contributed by atoms with Crippen molar-refractivity contribution in [3.63, 3.8) is 0 Å². The molecule has 0 fully saturated rings. The minimum absolute atomic E-state index is 0.203. The zero-order valence-electron chi connectivity index (χ0n) is 13.6. The summed E-state index contributed by atoms with van der Waals surface area (Å²) < 4.78 is 37.9. The summed E-state index contributed by atoms with van der Waals surface area (Å²) in [7, 11) is 0. The SMILES string of the molecule is O=C(CNC(=O)C(=O)Nc1cccc(C(F)(F)F)c1)Nc1ccccc1Cl. The smallest absolute Gasteiger partial charge is 0.339 e. The van der Waals surface area contributed by atoms with E-state index in [0.717, 1.165) is 12.1 Å². The second-order valence-corrected chi connectivity index (χ2v) is 5.65. The van der Waals surface area contributed by atoms with E-state index in [2.05, 4.69) is 10.6 Å². The largest absolute Gasteiger partial charge is 0.416 e. The van der Waals surface area contributed by atoms with Gasteiger partial charge in [-0.3, -0.25) is 14.4 Å². The van der Waals surface area contributed by atoms with Gasteiger partial charge < -0.3 is 16.0 Å². The van der Waals surface area contributed by atoms with Crippen molar-refractivity contribution < 1.29 is 27.6 Å². The highest BCUT2D eigenvalue weighted by Gasteiger charge is 2.30. The maximum absolute atomic E-state index is 12.6. The van der Waals surface area contributed by atoms with E-state index in [1.54, 1.807) is 24.3 Å². The van der Waals surface area contributed by atoms with Crippen LogP contribution in [0.2, 0.25) is 5.02 Å². The Kier molecular flexibility index (Phi) is 6.40. The van der Waals surface area contributed by atoms with Crippen molar-refractivity contribution in [1.29, 1.82) is 0 Å². The van der Waals surface area contributed by atoms with Gasteiger partial charge in [0.05, 0.1) is 22.8 Å². The van der Waals surface area contributed by atoms with Gasteiger partial charge in [-0.1, -0.05) is 29.8 Å². The van der Waals surface area contributed by atoms with Gasteiger partial charge in [-0.25, -0.2) is 0 Å². The summed E-state index contributed by atoms with van der Waals surface area (Å²) >= 11 is 5.87. The first-order chi connectivity index (χ1) is 12.7. The predicted molar refractivity (Wildman–Crippen MR) is 93.2 cm³/mol. The van der Waals surface area contributed by atoms with Crippen LogP contribution >= 0.6 is 11.6 Å². The van der Waals surface area contributed by atoms with Crippen LogP contribution in [0.3, 0.4) is 0 Å². The van der Waals surface area contributed by atoms with E-state index in [1.807, 2.05) is 5.32 Å². The topological polar surface area (TPSA) is 87.3 Å². The molecule has 0 aromatic heterocycles. The molecule has 0 aliphatic rings. The number of carbonyl (C=O) groups is 3. The minimum Gasteiger partial charge on any atom is -0.339 e. The number of hydrogen-bond donors (Lipinski definition) is 3. The molecule has 3 amide bonds. The average Bonchev–Trinajstić information content (AvgIpc) is 2.61. The Hall–Kier alpha value is -3.07. The number of hydrogen-bond acceptors (Lipinski definition) is 3. The molecule has 142 valence electrons. The van der Waals surface area contributed by atoms with E-state index in [4.69, 9.17) is 11.6 Å². The van der Waals surface area contributed by atoms with Crippen LogP contribution in [0.5, 0.6) is 0 Å². The molecule has 0 bridgehead atoms. The number of benzene rings is 2. The highest BCUT2D eigenvalue weighted by Crippen LogP contribution is 2.30. The highest BCUT2D eigenvalue weighted by atomic mass is 35.5. The molecule has 3 N–H and O–H groups in total. The van der Waals surface area contributed by atoms with E-state index >= 15 is 0 Å². The fourth-order valence-corrected chi connectivity index (χ4v) is 2.14. The summed E-state index contributed by atoms with van der Waals surface area (Å²) in [5.41, 5.74) is -0.850. The zero-order valence-corrected chi connectivity index (χ0v) is 14.3. The average molecular weight is 400 g/mol. The van der Waals surface area contributed by atoms with Crippen LogP contribution in [0.4, 0.5) is 24.5 Å². The minimum atomic E-state index is -4.58. The third-order valence-corrected chi connectivity index (χ3v) is 3.54.